The molecule has 0 radical (unpaired) electrons. The van der Waals surface area contributed by atoms with Crippen LogP contribution < -0.4 is 0 Å². The van der Waals surface area contributed by atoms with Gasteiger partial charge in [-0.3, -0.25) is 0 Å². The molecule has 1 aliphatic carbocycles. The van der Waals surface area contributed by atoms with Crippen LogP contribution in [0.4, 0.5) is 12.7 Å². The van der Waals surface area contributed by atoms with Gasteiger partial charge in [0.1, 0.15) is 0 Å². The minimum Gasteiger partial charge on any atom is -0.205 e. The van der Waals surface area contributed by atoms with Crippen LogP contribution in [0.3, 0.4) is 0 Å². The van der Waals surface area contributed by atoms with E-state index < -0.39 is 27.8 Å². The Morgan fingerprint density at radius 3 is 1.78 bits per heavy atom. The van der Waals surface area contributed by atoms with Crippen LogP contribution in [-0.4, -0.2) is 19.6 Å². The van der Waals surface area contributed by atoms with E-state index in [2.05, 4.69) is 0 Å². The monoisotopic (exact) mass is 160 g/mol. The summed E-state index contributed by atoms with van der Waals surface area (Å²) in [5.41, 5.74) is 0. The Hall–Kier alpha value is -0.260. The Balaban J connectivity index is 2.75. The van der Waals surface area contributed by atoms with Gasteiger partial charge in [-0.15, -0.1) is 3.89 Å². The summed E-state index contributed by atoms with van der Waals surface area (Å²) in [5, 5.41) is -2.06. The molecular formula is C3H3F3O2S. The first-order valence-electron chi connectivity index (χ1n) is 2.15. The van der Waals surface area contributed by atoms with Crippen molar-refractivity contribution in [2.24, 2.45) is 0 Å². The van der Waals surface area contributed by atoms with E-state index in [1.54, 1.807) is 0 Å². The molecule has 1 saturated carbocycles. The van der Waals surface area contributed by atoms with Crippen LogP contribution in [0.2, 0.25) is 0 Å². The van der Waals surface area contributed by atoms with Crippen molar-refractivity contribution >= 4 is 10.2 Å². The van der Waals surface area contributed by atoms with Crippen molar-refractivity contribution < 1.29 is 21.1 Å². The summed E-state index contributed by atoms with van der Waals surface area (Å²) in [6, 6.07) is 0. The number of rotatable bonds is 1. The van der Waals surface area contributed by atoms with E-state index in [0.717, 1.165) is 0 Å². The Kier molecular flexibility index (Phi) is 1.08. The highest BCUT2D eigenvalue weighted by Gasteiger charge is 2.65. The maximum absolute atomic E-state index is 11.7. The highest BCUT2D eigenvalue weighted by Crippen LogP contribution is 2.47. The first kappa shape index (κ1) is 6.85. The molecule has 0 spiro atoms. The molecule has 0 amide bonds. The molecule has 6 heteroatoms. The third-order valence-electron chi connectivity index (χ3n) is 1.11. The number of alkyl halides is 2. The van der Waals surface area contributed by atoms with Crippen LogP contribution in [-0.2, 0) is 10.2 Å². The topological polar surface area (TPSA) is 34.1 Å². The first-order chi connectivity index (χ1) is 3.84. The molecule has 0 saturated heterocycles. The quantitative estimate of drug-likeness (QED) is 0.529. The van der Waals surface area contributed by atoms with E-state index in [9.17, 15) is 21.1 Å². The predicted molar refractivity (Wildman–Crippen MR) is 23.4 cm³/mol. The number of hydrogen-bond donors (Lipinski definition) is 0. The predicted octanol–water partition coefficient (Wildman–Crippen LogP) is 0.693. The smallest absolute Gasteiger partial charge is 0.205 e. The SMILES string of the molecule is O=S(=O)(F)C1CC1(F)F. The van der Waals surface area contributed by atoms with Crippen LogP contribution in [0.15, 0.2) is 0 Å². The van der Waals surface area contributed by atoms with Gasteiger partial charge in [-0.1, -0.05) is 0 Å². The zero-order valence-electron chi connectivity index (χ0n) is 4.14. The van der Waals surface area contributed by atoms with E-state index in [-0.39, 0.29) is 0 Å². The lowest BCUT2D eigenvalue weighted by atomic mass is 10.8. The number of hydrogen-bond acceptors (Lipinski definition) is 2. The van der Waals surface area contributed by atoms with Gasteiger partial charge in [0.05, 0.1) is 0 Å². The van der Waals surface area contributed by atoms with Gasteiger partial charge in [0.25, 0.3) is 5.92 Å². The zero-order chi connectivity index (χ0) is 7.28. The average molecular weight is 160 g/mol. The normalized spacial score (nSPS) is 32.1. The van der Waals surface area contributed by atoms with Gasteiger partial charge in [-0.25, -0.2) is 8.78 Å². The lowest BCUT2D eigenvalue weighted by Gasteiger charge is -1.87. The molecule has 0 heterocycles. The van der Waals surface area contributed by atoms with Crippen molar-refractivity contribution in [2.75, 3.05) is 0 Å². The maximum atomic E-state index is 11.7. The lowest BCUT2D eigenvalue weighted by molar-refractivity contribution is 0.121. The summed E-state index contributed by atoms with van der Waals surface area (Å²) < 4.78 is 54.2. The van der Waals surface area contributed by atoms with Crippen molar-refractivity contribution in [1.82, 2.24) is 0 Å². The van der Waals surface area contributed by atoms with E-state index in [1.165, 1.54) is 0 Å². The Labute approximate surface area is 49.9 Å². The van der Waals surface area contributed by atoms with Gasteiger partial charge < -0.3 is 0 Å². The Morgan fingerprint density at radius 2 is 1.78 bits per heavy atom. The second-order valence-corrected chi connectivity index (χ2v) is 3.45. The molecule has 0 bridgehead atoms. The minimum atomic E-state index is -4.99. The molecule has 0 N–H and O–H groups in total. The summed E-state index contributed by atoms with van der Waals surface area (Å²) >= 11 is 0. The summed E-state index contributed by atoms with van der Waals surface area (Å²) in [4.78, 5) is 0. The van der Waals surface area contributed by atoms with Crippen LogP contribution in [0.5, 0.6) is 0 Å². The molecule has 0 aromatic carbocycles. The van der Waals surface area contributed by atoms with Crippen LogP contribution in [0, 0.1) is 0 Å². The molecule has 2 nitrogen and oxygen atoms in total. The van der Waals surface area contributed by atoms with Gasteiger partial charge in [0.2, 0.25) is 0 Å². The van der Waals surface area contributed by atoms with Crippen LogP contribution >= 0.6 is 0 Å². The van der Waals surface area contributed by atoms with Crippen molar-refractivity contribution in [3.8, 4) is 0 Å². The van der Waals surface area contributed by atoms with E-state index >= 15 is 0 Å². The summed E-state index contributed by atoms with van der Waals surface area (Å²) in [5.74, 6) is -3.31. The van der Waals surface area contributed by atoms with Crippen molar-refractivity contribution in [3.63, 3.8) is 0 Å². The molecule has 1 atom stereocenters. The molecule has 1 fully saturated rings. The van der Waals surface area contributed by atoms with E-state index in [1.807, 2.05) is 0 Å². The Morgan fingerprint density at radius 1 is 1.44 bits per heavy atom. The maximum Gasteiger partial charge on any atom is 0.311 e. The molecule has 0 aliphatic heterocycles. The first-order valence-corrected chi connectivity index (χ1v) is 3.60. The standard InChI is InChI=1S/C3H3F3O2S/c4-3(5)1-2(3)9(6,7)8/h2H,1H2. The molecule has 0 aromatic rings. The second-order valence-electron chi connectivity index (χ2n) is 1.93. The molecular weight excluding hydrogens is 157 g/mol. The summed E-state index contributed by atoms with van der Waals surface area (Å²) in [6.07, 6.45) is -0.869. The molecule has 0 aromatic heterocycles. The van der Waals surface area contributed by atoms with Crippen molar-refractivity contribution in [2.45, 2.75) is 17.6 Å². The largest absolute Gasteiger partial charge is 0.311 e. The molecule has 1 unspecified atom stereocenters. The molecule has 9 heavy (non-hydrogen) atoms. The van der Waals surface area contributed by atoms with Crippen LogP contribution in [0.25, 0.3) is 0 Å². The zero-order valence-corrected chi connectivity index (χ0v) is 4.96. The molecule has 54 valence electrons. The summed E-state index contributed by atoms with van der Waals surface area (Å²) in [6.45, 7) is 0. The second kappa shape index (κ2) is 1.42. The van der Waals surface area contributed by atoms with E-state index in [0.29, 0.717) is 0 Å². The fourth-order valence-electron chi connectivity index (χ4n) is 0.494. The fraction of sp³-hybridized carbons (Fsp3) is 1.00. The van der Waals surface area contributed by atoms with Crippen molar-refractivity contribution in [3.05, 3.63) is 0 Å². The minimum absolute atomic E-state index is 0.869. The average Bonchev–Trinajstić information content (AvgIpc) is 2.10. The van der Waals surface area contributed by atoms with Gasteiger partial charge >= 0.3 is 10.2 Å². The highest BCUT2D eigenvalue weighted by atomic mass is 32.3. The van der Waals surface area contributed by atoms with Gasteiger partial charge in [-0.2, -0.15) is 8.42 Å². The molecule has 1 aliphatic rings. The van der Waals surface area contributed by atoms with Gasteiger partial charge in [0.15, 0.2) is 5.25 Å². The van der Waals surface area contributed by atoms with Gasteiger partial charge in [0, 0.05) is 6.42 Å². The fourth-order valence-corrected chi connectivity index (χ4v) is 1.33. The Bertz CT molecular complexity index is 219. The van der Waals surface area contributed by atoms with Crippen LogP contribution in [0.1, 0.15) is 6.42 Å². The molecule has 1 rings (SSSR count). The lowest BCUT2D eigenvalue weighted by Crippen LogP contribution is -2.07. The highest BCUT2D eigenvalue weighted by molar-refractivity contribution is 7.87. The van der Waals surface area contributed by atoms with Crippen molar-refractivity contribution in [1.29, 1.82) is 0 Å². The van der Waals surface area contributed by atoms with Gasteiger partial charge in [-0.05, 0) is 0 Å². The third-order valence-corrected chi connectivity index (χ3v) is 2.30. The van der Waals surface area contributed by atoms with E-state index in [4.69, 9.17) is 0 Å². The summed E-state index contributed by atoms with van der Waals surface area (Å²) in [7, 11) is -4.99. The third kappa shape index (κ3) is 1.17. The number of halogens is 3.